The molecule has 20 heavy (non-hydrogen) atoms. The quantitative estimate of drug-likeness (QED) is 0.663. The number of rotatable bonds is 2. The predicted molar refractivity (Wildman–Crippen MR) is 73.1 cm³/mol. The van der Waals surface area contributed by atoms with Crippen LogP contribution in [0.2, 0.25) is 0 Å². The first kappa shape index (κ1) is 12.3. The zero-order valence-corrected chi connectivity index (χ0v) is 11.1. The van der Waals surface area contributed by atoms with Crippen molar-refractivity contribution in [2.24, 2.45) is 7.05 Å². The van der Waals surface area contributed by atoms with Gasteiger partial charge in [-0.05, 0) is 18.2 Å². The van der Waals surface area contributed by atoms with Gasteiger partial charge in [-0.1, -0.05) is 0 Å². The number of carbonyl (C=O) groups is 1. The average Bonchev–Trinajstić information content (AvgIpc) is 2.88. The molecule has 6 nitrogen and oxygen atoms in total. The van der Waals surface area contributed by atoms with Gasteiger partial charge in [-0.2, -0.15) is 5.10 Å². The van der Waals surface area contributed by atoms with Crippen molar-refractivity contribution in [2.75, 3.05) is 7.11 Å². The number of hydrogen-bond acceptors (Lipinski definition) is 5. The van der Waals surface area contributed by atoms with Crippen LogP contribution in [0.3, 0.4) is 0 Å². The summed E-state index contributed by atoms with van der Waals surface area (Å²) in [6.45, 7) is 0. The molecule has 0 spiro atoms. The molecular formula is C14H12N4O2. The Morgan fingerprint density at radius 1 is 1.35 bits per heavy atom. The summed E-state index contributed by atoms with van der Waals surface area (Å²) in [5.41, 5.74) is 2.58. The van der Waals surface area contributed by atoms with Crippen LogP contribution in [0.4, 0.5) is 0 Å². The molecule has 0 amide bonds. The van der Waals surface area contributed by atoms with Crippen LogP contribution < -0.4 is 0 Å². The number of aromatic nitrogens is 4. The Hall–Kier alpha value is -2.76. The Labute approximate surface area is 115 Å². The number of fused-ring (bicyclic) bond motifs is 1. The molecule has 3 rings (SSSR count). The summed E-state index contributed by atoms with van der Waals surface area (Å²) in [5.74, 6) is -0.407. The summed E-state index contributed by atoms with van der Waals surface area (Å²) in [5, 5.41) is 4.81. The fraction of sp³-hybridized carbons (Fsp3) is 0.143. The highest BCUT2D eigenvalue weighted by atomic mass is 16.5. The van der Waals surface area contributed by atoms with Gasteiger partial charge in [0.2, 0.25) is 0 Å². The number of carbonyl (C=O) groups excluding carboxylic acids is 1. The highest BCUT2D eigenvalue weighted by Gasteiger charge is 2.16. The molecule has 0 saturated heterocycles. The fourth-order valence-corrected chi connectivity index (χ4v) is 2.06. The largest absolute Gasteiger partial charge is 0.465 e. The van der Waals surface area contributed by atoms with Gasteiger partial charge < -0.3 is 4.74 Å². The van der Waals surface area contributed by atoms with Crippen LogP contribution >= 0.6 is 0 Å². The van der Waals surface area contributed by atoms with Gasteiger partial charge in [-0.25, -0.2) is 9.78 Å². The van der Waals surface area contributed by atoms with Crippen LogP contribution in [0, 0.1) is 0 Å². The molecular weight excluding hydrogens is 256 g/mol. The lowest BCUT2D eigenvalue weighted by Gasteiger charge is -2.06. The molecule has 0 N–H and O–H groups in total. The Balaban J connectivity index is 2.29. The lowest BCUT2D eigenvalue weighted by molar-refractivity contribution is 0.0603. The minimum absolute atomic E-state index is 0.407. The van der Waals surface area contributed by atoms with Gasteiger partial charge in [0.1, 0.15) is 0 Å². The molecule has 3 heterocycles. The molecule has 3 aromatic heterocycles. The summed E-state index contributed by atoms with van der Waals surface area (Å²) in [6, 6.07) is 5.41. The van der Waals surface area contributed by atoms with Crippen molar-refractivity contribution in [3.63, 3.8) is 0 Å². The van der Waals surface area contributed by atoms with Crippen molar-refractivity contribution in [1.29, 1.82) is 0 Å². The Kier molecular flexibility index (Phi) is 2.90. The molecule has 0 aromatic carbocycles. The topological polar surface area (TPSA) is 69.9 Å². The molecule has 0 unspecified atom stereocenters. The van der Waals surface area contributed by atoms with Crippen LogP contribution in [0.25, 0.3) is 22.3 Å². The van der Waals surface area contributed by atoms with E-state index in [-0.39, 0.29) is 0 Å². The number of nitrogens with zero attached hydrogens (tertiary/aromatic N) is 4. The highest BCUT2D eigenvalue weighted by Crippen LogP contribution is 2.24. The summed E-state index contributed by atoms with van der Waals surface area (Å²) in [4.78, 5) is 20.5. The molecule has 0 radical (unpaired) electrons. The Morgan fingerprint density at radius 3 is 2.90 bits per heavy atom. The Bertz CT molecular complexity index is 780. The zero-order chi connectivity index (χ0) is 14.1. The van der Waals surface area contributed by atoms with E-state index in [1.165, 1.54) is 7.11 Å². The van der Waals surface area contributed by atoms with Crippen molar-refractivity contribution in [2.45, 2.75) is 0 Å². The number of esters is 1. The highest BCUT2D eigenvalue weighted by molar-refractivity contribution is 6.03. The van der Waals surface area contributed by atoms with E-state index in [1.54, 1.807) is 36.4 Å². The second-order valence-corrected chi connectivity index (χ2v) is 4.29. The molecule has 3 aromatic rings. The monoisotopic (exact) mass is 268 g/mol. The second-order valence-electron chi connectivity index (χ2n) is 4.29. The maximum absolute atomic E-state index is 11.9. The van der Waals surface area contributed by atoms with E-state index in [2.05, 4.69) is 15.1 Å². The number of aryl methyl sites for hydroxylation is 1. The van der Waals surface area contributed by atoms with E-state index in [9.17, 15) is 4.79 Å². The maximum Gasteiger partial charge on any atom is 0.338 e. The number of hydrogen-bond donors (Lipinski definition) is 0. The van der Waals surface area contributed by atoms with E-state index >= 15 is 0 Å². The first-order valence-electron chi connectivity index (χ1n) is 6.02. The summed E-state index contributed by atoms with van der Waals surface area (Å²) in [7, 11) is 3.14. The van der Waals surface area contributed by atoms with Crippen LogP contribution in [0.15, 0.2) is 36.8 Å². The predicted octanol–water partition coefficient (Wildman–Crippen LogP) is 1.82. The third kappa shape index (κ3) is 1.91. The molecule has 0 bridgehead atoms. The van der Waals surface area contributed by atoms with Crippen LogP contribution in [0.1, 0.15) is 10.4 Å². The summed E-state index contributed by atoms with van der Waals surface area (Å²) in [6.07, 6.45) is 5.00. The molecule has 0 aliphatic carbocycles. The number of methoxy groups -OCH3 is 1. The molecule has 0 atom stereocenters. The van der Waals surface area contributed by atoms with Crippen molar-refractivity contribution >= 4 is 17.0 Å². The minimum atomic E-state index is -0.407. The van der Waals surface area contributed by atoms with Crippen molar-refractivity contribution in [1.82, 2.24) is 19.7 Å². The average molecular weight is 268 g/mol. The van der Waals surface area contributed by atoms with Gasteiger partial charge in [-0.3, -0.25) is 9.67 Å². The van der Waals surface area contributed by atoms with Gasteiger partial charge in [-0.15, -0.1) is 0 Å². The zero-order valence-electron chi connectivity index (χ0n) is 11.1. The SMILES string of the molecule is COC(=O)c1cc(-c2cccnc2)nc2c1cnn2C. The molecule has 6 heteroatoms. The lowest BCUT2D eigenvalue weighted by atomic mass is 10.1. The van der Waals surface area contributed by atoms with E-state index in [0.717, 1.165) is 5.56 Å². The van der Waals surface area contributed by atoms with Crippen molar-refractivity contribution in [3.05, 3.63) is 42.4 Å². The molecule has 0 saturated carbocycles. The standard InChI is InChI=1S/C14H12N4O2/c1-18-13-11(8-16-18)10(14(19)20-2)6-12(17-13)9-4-3-5-15-7-9/h3-8H,1-2H3. The first-order valence-corrected chi connectivity index (χ1v) is 6.02. The fourth-order valence-electron chi connectivity index (χ4n) is 2.06. The van der Waals surface area contributed by atoms with E-state index in [1.807, 2.05) is 12.1 Å². The number of ether oxygens (including phenoxy) is 1. The van der Waals surface area contributed by atoms with Gasteiger partial charge in [0.25, 0.3) is 0 Å². The van der Waals surface area contributed by atoms with Crippen LogP contribution in [-0.2, 0) is 11.8 Å². The third-order valence-electron chi connectivity index (χ3n) is 3.07. The van der Waals surface area contributed by atoms with E-state index in [4.69, 9.17) is 4.74 Å². The van der Waals surface area contributed by atoms with Crippen molar-refractivity contribution < 1.29 is 9.53 Å². The summed E-state index contributed by atoms with van der Waals surface area (Å²) < 4.78 is 6.45. The molecule has 0 fully saturated rings. The summed E-state index contributed by atoms with van der Waals surface area (Å²) >= 11 is 0. The first-order chi connectivity index (χ1) is 9.70. The minimum Gasteiger partial charge on any atom is -0.465 e. The number of pyridine rings is 2. The van der Waals surface area contributed by atoms with E-state index < -0.39 is 5.97 Å². The molecule has 100 valence electrons. The van der Waals surface area contributed by atoms with Crippen molar-refractivity contribution in [3.8, 4) is 11.3 Å². The van der Waals surface area contributed by atoms with Crippen LogP contribution in [0.5, 0.6) is 0 Å². The van der Waals surface area contributed by atoms with Crippen LogP contribution in [-0.4, -0.2) is 32.8 Å². The van der Waals surface area contributed by atoms with Gasteiger partial charge in [0.15, 0.2) is 5.65 Å². The van der Waals surface area contributed by atoms with Gasteiger partial charge >= 0.3 is 5.97 Å². The van der Waals surface area contributed by atoms with Gasteiger partial charge in [0, 0.05) is 25.0 Å². The molecule has 0 aliphatic rings. The Morgan fingerprint density at radius 2 is 2.20 bits per heavy atom. The maximum atomic E-state index is 11.9. The lowest BCUT2D eigenvalue weighted by Crippen LogP contribution is -2.04. The smallest absolute Gasteiger partial charge is 0.338 e. The van der Waals surface area contributed by atoms with Gasteiger partial charge in [0.05, 0.1) is 30.0 Å². The second kappa shape index (κ2) is 4.73. The normalized spacial score (nSPS) is 10.7. The molecule has 0 aliphatic heterocycles. The van der Waals surface area contributed by atoms with E-state index in [0.29, 0.717) is 22.3 Å². The third-order valence-corrected chi connectivity index (χ3v) is 3.07.